The summed E-state index contributed by atoms with van der Waals surface area (Å²) in [7, 11) is 0. The molecule has 4 aromatic rings. The Morgan fingerprint density at radius 3 is 2.43 bits per heavy atom. The highest BCUT2D eigenvalue weighted by molar-refractivity contribution is 5.69. The van der Waals surface area contributed by atoms with Gasteiger partial charge in [0.1, 0.15) is 0 Å². The number of imidazole rings is 1. The topological polar surface area (TPSA) is 63.6 Å². The van der Waals surface area contributed by atoms with Crippen LogP contribution in [0.3, 0.4) is 0 Å². The lowest BCUT2D eigenvalue weighted by Crippen LogP contribution is -2.11. The van der Waals surface area contributed by atoms with Crippen LogP contribution in [-0.2, 0) is 6.54 Å². The molecule has 1 N–H and O–H groups in total. The second-order valence-corrected chi connectivity index (χ2v) is 5.34. The first-order valence-electron chi connectivity index (χ1n) is 7.34. The largest absolute Gasteiger partial charge is 0.320 e. The molecule has 2 aromatic heterocycles. The average Bonchev–Trinajstić information content (AvgIpc) is 3.01. The van der Waals surface area contributed by atoms with E-state index in [1.165, 1.54) is 17.5 Å². The molecule has 0 aliphatic heterocycles. The van der Waals surface area contributed by atoms with Crippen LogP contribution in [-0.4, -0.2) is 19.5 Å². The minimum Gasteiger partial charge on any atom is -0.320 e. The van der Waals surface area contributed by atoms with E-state index in [1.54, 1.807) is 6.33 Å². The van der Waals surface area contributed by atoms with Gasteiger partial charge in [0.15, 0.2) is 11.2 Å². The van der Waals surface area contributed by atoms with Gasteiger partial charge in [-0.3, -0.25) is 4.79 Å². The first kappa shape index (κ1) is 13.5. The standard InChI is InChI=1S/C18H14N4O/c23-18-16-17(19-11-20-18)21-12-22(16)10-13-6-8-15(9-7-13)14-4-2-1-3-5-14/h1-9,11-12H,10H2,(H,19,20,23). The number of benzene rings is 2. The van der Waals surface area contributed by atoms with Gasteiger partial charge in [-0.1, -0.05) is 54.6 Å². The third-order valence-corrected chi connectivity index (χ3v) is 3.83. The van der Waals surface area contributed by atoms with Crippen LogP contribution < -0.4 is 5.56 Å². The predicted octanol–water partition coefficient (Wildman–Crippen LogP) is 2.83. The summed E-state index contributed by atoms with van der Waals surface area (Å²) >= 11 is 0. The van der Waals surface area contributed by atoms with E-state index in [1.807, 2.05) is 22.8 Å². The molecule has 0 radical (unpaired) electrons. The summed E-state index contributed by atoms with van der Waals surface area (Å²) in [6.45, 7) is 0.584. The first-order valence-corrected chi connectivity index (χ1v) is 7.34. The second kappa shape index (κ2) is 5.53. The summed E-state index contributed by atoms with van der Waals surface area (Å²) in [4.78, 5) is 22.8. The van der Waals surface area contributed by atoms with Crippen LogP contribution in [0.1, 0.15) is 5.56 Å². The zero-order valence-corrected chi connectivity index (χ0v) is 12.3. The Labute approximate surface area is 132 Å². The van der Waals surface area contributed by atoms with Crippen LogP contribution in [0.4, 0.5) is 0 Å². The number of nitrogens with zero attached hydrogens (tertiary/aromatic N) is 3. The van der Waals surface area contributed by atoms with E-state index in [2.05, 4.69) is 51.4 Å². The van der Waals surface area contributed by atoms with E-state index in [4.69, 9.17) is 0 Å². The molecular weight excluding hydrogens is 288 g/mol. The van der Waals surface area contributed by atoms with Crippen molar-refractivity contribution in [3.63, 3.8) is 0 Å². The van der Waals surface area contributed by atoms with Crippen molar-refractivity contribution in [2.24, 2.45) is 0 Å². The molecule has 2 heterocycles. The van der Waals surface area contributed by atoms with Gasteiger partial charge in [-0.2, -0.15) is 0 Å². The van der Waals surface area contributed by atoms with E-state index < -0.39 is 0 Å². The molecule has 0 fully saturated rings. The summed E-state index contributed by atoms with van der Waals surface area (Å²) in [6, 6.07) is 18.6. The lowest BCUT2D eigenvalue weighted by atomic mass is 10.0. The van der Waals surface area contributed by atoms with Crippen molar-refractivity contribution in [3.8, 4) is 11.1 Å². The molecule has 4 rings (SSSR count). The molecule has 0 bridgehead atoms. The Kier molecular flexibility index (Phi) is 3.24. The van der Waals surface area contributed by atoms with Crippen molar-refractivity contribution in [3.05, 3.63) is 83.2 Å². The molecule has 0 atom stereocenters. The molecule has 0 saturated carbocycles. The molecule has 5 nitrogen and oxygen atoms in total. The zero-order valence-electron chi connectivity index (χ0n) is 12.3. The molecular formula is C18H14N4O. The molecule has 0 spiro atoms. The third-order valence-electron chi connectivity index (χ3n) is 3.83. The number of nitrogens with one attached hydrogen (secondary N) is 1. The Balaban J connectivity index is 1.65. The van der Waals surface area contributed by atoms with E-state index in [9.17, 15) is 4.79 Å². The summed E-state index contributed by atoms with van der Waals surface area (Å²) in [6.07, 6.45) is 3.02. The summed E-state index contributed by atoms with van der Waals surface area (Å²) < 4.78 is 1.82. The van der Waals surface area contributed by atoms with E-state index >= 15 is 0 Å². The Hall–Kier alpha value is -3.21. The minimum atomic E-state index is -0.173. The molecule has 112 valence electrons. The summed E-state index contributed by atoms with van der Waals surface area (Å²) in [5.74, 6) is 0. The maximum atomic E-state index is 11.9. The van der Waals surface area contributed by atoms with E-state index in [0.717, 1.165) is 5.56 Å². The third kappa shape index (κ3) is 2.53. The maximum absolute atomic E-state index is 11.9. The van der Waals surface area contributed by atoms with Gasteiger partial charge in [-0.15, -0.1) is 0 Å². The average molecular weight is 302 g/mol. The number of fused-ring (bicyclic) bond motifs is 1. The Morgan fingerprint density at radius 1 is 0.913 bits per heavy atom. The highest BCUT2D eigenvalue weighted by Gasteiger charge is 2.08. The lowest BCUT2D eigenvalue weighted by molar-refractivity contribution is 0.819. The van der Waals surface area contributed by atoms with Crippen LogP contribution in [0.5, 0.6) is 0 Å². The van der Waals surface area contributed by atoms with Gasteiger partial charge < -0.3 is 9.55 Å². The number of hydrogen-bond acceptors (Lipinski definition) is 3. The fraction of sp³-hybridized carbons (Fsp3) is 0.0556. The zero-order chi connectivity index (χ0) is 15.6. The molecule has 0 saturated heterocycles. The molecule has 23 heavy (non-hydrogen) atoms. The van der Waals surface area contributed by atoms with Crippen LogP contribution in [0.2, 0.25) is 0 Å². The fourth-order valence-electron chi connectivity index (χ4n) is 2.67. The summed E-state index contributed by atoms with van der Waals surface area (Å²) in [5, 5.41) is 0. The lowest BCUT2D eigenvalue weighted by Gasteiger charge is -2.06. The van der Waals surface area contributed by atoms with Gasteiger partial charge in [-0.25, -0.2) is 9.97 Å². The van der Waals surface area contributed by atoms with E-state index in [-0.39, 0.29) is 5.56 Å². The molecule has 5 heteroatoms. The molecule has 0 aliphatic carbocycles. The van der Waals surface area contributed by atoms with E-state index in [0.29, 0.717) is 17.7 Å². The number of aromatic amines is 1. The van der Waals surface area contributed by atoms with Gasteiger partial charge in [0, 0.05) is 6.54 Å². The molecule has 2 aromatic carbocycles. The van der Waals surface area contributed by atoms with Crippen molar-refractivity contribution in [1.82, 2.24) is 19.5 Å². The first-order chi connectivity index (χ1) is 11.3. The number of rotatable bonds is 3. The Morgan fingerprint density at radius 2 is 1.65 bits per heavy atom. The predicted molar refractivity (Wildman–Crippen MR) is 89.1 cm³/mol. The van der Waals surface area contributed by atoms with Crippen LogP contribution in [0.15, 0.2) is 72.0 Å². The molecule has 0 amide bonds. The smallest absolute Gasteiger partial charge is 0.276 e. The number of H-pyrrole nitrogens is 1. The van der Waals surface area contributed by atoms with Crippen molar-refractivity contribution < 1.29 is 0 Å². The SMILES string of the molecule is O=c1[nH]cnc2ncn(Cc3ccc(-c4ccccc4)cc3)c12. The van der Waals surface area contributed by atoms with Crippen molar-refractivity contribution >= 4 is 11.2 Å². The highest BCUT2D eigenvalue weighted by Crippen LogP contribution is 2.19. The minimum absolute atomic E-state index is 0.173. The highest BCUT2D eigenvalue weighted by atomic mass is 16.1. The maximum Gasteiger partial charge on any atom is 0.276 e. The molecule has 0 unspecified atom stereocenters. The molecule has 0 aliphatic rings. The number of hydrogen-bond donors (Lipinski definition) is 1. The Bertz CT molecular complexity index is 1000. The van der Waals surface area contributed by atoms with Crippen LogP contribution in [0, 0.1) is 0 Å². The monoisotopic (exact) mass is 302 g/mol. The fourth-order valence-corrected chi connectivity index (χ4v) is 2.67. The van der Waals surface area contributed by atoms with Crippen molar-refractivity contribution in [2.75, 3.05) is 0 Å². The van der Waals surface area contributed by atoms with Crippen molar-refractivity contribution in [1.29, 1.82) is 0 Å². The van der Waals surface area contributed by atoms with Gasteiger partial charge in [0.2, 0.25) is 0 Å². The number of aromatic nitrogens is 4. The van der Waals surface area contributed by atoms with Crippen LogP contribution in [0.25, 0.3) is 22.3 Å². The van der Waals surface area contributed by atoms with Gasteiger partial charge >= 0.3 is 0 Å². The van der Waals surface area contributed by atoms with Gasteiger partial charge in [0.05, 0.1) is 12.7 Å². The van der Waals surface area contributed by atoms with Gasteiger partial charge in [-0.05, 0) is 16.7 Å². The van der Waals surface area contributed by atoms with Crippen LogP contribution >= 0.6 is 0 Å². The second-order valence-electron chi connectivity index (χ2n) is 5.34. The normalized spacial score (nSPS) is 11.0. The van der Waals surface area contributed by atoms with Gasteiger partial charge in [0.25, 0.3) is 5.56 Å². The quantitative estimate of drug-likeness (QED) is 0.633. The summed E-state index contributed by atoms with van der Waals surface area (Å²) in [5.41, 5.74) is 4.26. The van der Waals surface area contributed by atoms with Crippen molar-refractivity contribution in [2.45, 2.75) is 6.54 Å².